The Morgan fingerprint density at radius 3 is 2.70 bits per heavy atom. The van der Waals surface area contributed by atoms with Crippen molar-refractivity contribution in [1.82, 2.24) is 4.98 Å². The Morgan fingerprint density at radius 2 is 2.10 bits per heavy atom. The normalized spacial score (nSPS) is 10.1. The van der Waals surface area contributed by atoms with E-state index in [4.69, 9.17) is 9.84 Å². The lowest BCUT2D eigenvalue weighted by molar-refractivity contribution is -0.384. The van der Waals surface area contributed by atoms with Gasteiger partial charge in [0.1, 0.15) is 11.3 Å². The summed E-state index contributed by atoms with van der Waals surface area (Å²) in [4.78, 5) is 24.9. The van der Waals surface area contributed by atoms with Crippen LogP contribution in [0.25, 0.3) is 0 Å². The van der Waals surface area contributed by atoms with E-state index in [2.05, 4.69) is 20.9 Å². The van der Waals surface area contributed by atoms with Gasteiger partial charge in [-0.25, -0.2) is 4.79 Å². The molecule has 20 heavy (non-hydrogen) atoms. The minimum Gasteiger partial charge on any atom is -0.478 e. The fraction of sp³-hybridized carbons (Fsp3) is 0. The van der Waals surface area contributed by atoms with Crippen LogP contribution in [0.15, 0.2) is 41.1 Å². The van der Waals surface area contributed by atoms with Gasteiger partial charge in [-0.1, -0.05) is 0 Å². The second-order valence-electron chi connectivity index (χ2n) is 3.65. The largest absolute Gasteiger partial charge is 0.478 e. The lowest BCUT2D eigenvalue weighted by Gasteiger charge is -2.09. The first-order valence-electron chi connectivity index (χ1n) is 5.28. The van der Waals surface area contributed by atoms with Crippen molar-refractivity contribution < 1.29 is 19.6 Å². The maximum Gasteiger partial charge on any atom is 0.339 e. The van der Waals surface area contributed by atoms with Crippen molar-refractivity contribution in [3.05, 3.63) is 56.8 Å². The maximum absolute atomic E-state index is 11.0. The molecule has 102 valence electrons. The number of aromatic nitrogens is 1. The third-order valence-electron chi connectivity index (χ3n) is 2.36. The van der Waals surface area contributed by atoms with Gasteiger partial charge in [0.25, 0.3) is 5.69 Å². The SMILES string of the molecule is O=C(O)c1ccncc1Oc1ccc([N+](=O)[O-])cc1Br. The molecule has 2 rings (SSSR count). The summed E-state index contributed by atoms with van der Waals surface area (Å²) in [7, 11) is 0. The minimum absolute atomic E-state index is 0.0505. The highest BCUT2D eigenvalue weighted by atomic mass is 79.9. The highest BCUT2D eigenvalue weighted by molar-refractivity contribution is 9.10. The zero-order valence-corrected chi connectivity index (χ0v) is 11.4. The predicted molar refractivity (Wildman–Crippen MR) is 72.1 cm³/mol. The van der Waals surface area contributed by atoms with Gasteiger partial charge < -0.3 is 9.84 Å². The van der Waals surface area contributed by atoms with Crippen LogP contribution in [-0.2, 0) is 0 Å². The van der Waals surface area contributed by atoms with E-state index in [0.29, 0.717) is 4.47 Å². The van der Waals surface area contributed by atoms with E-state index in [0.717, 1.165) is 0 Å². The molecule has 7 nitrogen and oxygen atoms in total. The van der Waals surface area contributed by atoms with Gasteiger partial charge >= 0.3 is 5.97 Å². The number of pyridine rings is 1. The summed E-state index contributed by atoms with van der Waals surface area (Å²) in [5.41, 5.74) is -0.154. The van der Waals surface area contributed by atoms with Crippen molar-refractivity contribution in [1.29, 1.82) is 0 Å². The third kappa shape index (κ3) is 2.91. The molecule has 0 amide bonds. The number of benzene rings is 1. The number of carbonyl (C=O) groups is 1. The average Bonchev–Trinajstić information content (AvgIpc) is 2.41. The van der Waals surface area contributed by atoms with Gasteiger partial charge in [0, 0.05) is 18.3 Å². The lowest BCUT2D eigenvalue weighted by Crippen LogP contribution is -2.00. The van der Waals surface area contributed by atoms with Crippen LogP contribution in [0.3, 0.4) is 0 Å². The summed E-state index contributed by atoms with van der Waals surface area (Å²) in [6, 6.07) is 5.21. The molecular formula is C12H7BrN2O5. The summed E-state index contributed by atoms with van der Waals surface area (Å²) in [5, 5.41) is 19.6. The quantitative estimate of drug-likeness (QED) is 0.678. The molecule has 2 aromatic rings. The number of nitrogens with zero attached hydrogens (tertiary/aromatic N) is 2. The number of carboxylic acids is 1. The number of nitro benzene ring substituents is 1. The number of non-ortho nitro benzene ring substituents is 1. The average molecular weight is 339 g/mol. The Kier molecular flexibility index (Phi) is 3.94. The van der Waals surface area contributed by atoms with Crippen LogP contribution in [-0.4, -0.2) is 21.0 Å². The van der Waals surface area contributed by atoms with E-state index in [1.54, 1.807) is 0 Å². The topological polar surface area (TPSA) is 103 Å². The highest BCUT2D eigenvalue weighted by Crippen LogP contribution is 2.33. The van der Waals surface area contributed by atoms with Crippen LogP contribution in [0.4, 0.5) is 5.69 Å². The summed E-state index contributed by atoms with van der Waals surface area (Å²) in [6.07, 6.45) is 2.60. The van der Waals surface area contributed by atoms with Crippen LogP contribution in [0.5, 0.6) is 11.5 Å². The molecule has 0 fully saturated rings. The molecule has 0 radical (unpaired) electrons. The first kappa shape index (κ1) is 13.9. The molecule has 0 unspecified atom stereocenters. The third-order valence-corrected chi connectivity index (χ3v) is 2.98. The molecule has 0 atom stereocenters. The zero-order valence-electron chi connectivity index (χ0n) is 9.82. The molecule has 0 spiro atoms. The molecule has 0 saturated heterocycles. The molecule has 1 aromatic carbocycles. The summed E-state index contributed by atoms with van der Waals surface area (Å²) in [5.74, 6) is -0.846. The summed E-state index contributed by atoms with van der Waals surface area (Å²) >= 11 is 3.14. The number of halogens is 1. The molecule has 1 heterocycles. The number of hydrogen-bond acceptors (Lipinski definition) is 5. The molecular weight excluding hydrogens is 332 g/mol. The van der Waals surface area contributed by atoms with Gasteiger partial charge in [0.2, 0.25) is 0 Å². The Labute approximate surface area is 121 Å². The number of rotatable bonds is 4. The van der Waals surface area contributed by atoms with E-state index >= 15 is 0 Å². The van der Waals surface area contributed by atoms with Gasteiger partial charge in [0.05, 0.1) is 15.6 Å². The van der Waals surface area contributed by atoms with E-state index in [9.17, 15) is 14.9 Å². The van der Waals surface area contributed by atoms with E-state index in [1.807, 2.05) is 0 Å². The van der Waals surface area contributed by atoms with Gasteiger partial charge in [-0.05, 0) is 28.1 Å². The van der Waals surface area contributed by atoms with Gasteiger partial charge in [-0.2, -0.15) is 0 Å². The molecule has 0 aliphatic carbocycles. The summed E-state index contributed by atoms with van der Waals surface area (Å²) in [6.45, 7) is 0. The van der Waals surface area contributed by atoms with Crippen LogP contribution in [0, 0.1) is 10.1 Å². The van der Waals surface area contributed by atoms with Crippen molar-refractivity contribution in [2.75, 3.05) is 0 Å². The van der Waals surface area contributed by atoms with Crippen LogP contribution in [0.2, 0.25) is 0 Å². The smallest absolute Gasteiger partial charge is 0.339 e. The number of nitro groups is 1. The highest BCUT2D eigenvalue weighted by Gasteiger charge is 2.15. The van der Waals surface area contributed by atoms with E-state index in [-0.39, 0.29) is 22.7 Å². The molecule has 1 aromatic heterocycles. The maximum atomic E-state index is 11.0. The van der Waals surface area contributed by atoms with Gasteiger partial charge in [0.15, 0.2) is 5.75 Å². The number of ether oxygens (including phenoxy) is 1. The van der Waals surface area contributed by atoms with Crippen LogP contribution < -0.4 is 4.74 Å². The van der Waals surface area contributed by atoms with Crippen molar-refractivity contribution in [2.45, 2.75) is 0 Å². The monoisotopic (exact) mass is 338 g/mol. The van der Waals surface area contributed by atoms with Gasteiger partial charge in [-0.15, -0.1) is 0 Å². The minimum atomic E-state index is -1.15. The van der Waals surface area contributed by atoms with Crippen molar-refractivity contribution in [3.8, 4) is 11.5 Å². The molecule has 1 N–H and O–H groups in total. The summed E-state index contributed by atoms with van der Waals surface area (Å²) < 4.78 is 5.76. The van der Waals surface area contributed by atoms with Crippen molar-refractivity contribution in [3.63, 3.8) is 0 Å². The molecule has 0 bridgehead atoms. The van der Waals surface area contributed by atoms with Crippen molar-refractivity contribution >= 4 is 27.6 Å². The number of carboxylic acid groups (broad SMARTS) is 1. The molecule has 8 heteroatoms. The van der Waals surface area contributed by atoms with Crippen LogP contribution >= 0.6 is 15.9 Å². The van der Waals surface area contributed by atoms with E-state index < -0.39 is 10.9 Å². The Bertz CT molecular complexity index is 689. The molecule has 0 aliphatic rings. The number of hydrogen-bond donors (Lipinski definition) is 1. The van der Waals surface area contributed by atoms with Gasteiger partial charge in [-0.3, -0.25) is 15.1 Å². The Hall–Kier alpha value is -2.48. The van der Waals surface area contributed by atoms with Crippen LogP contribution in [0.1, 0.15) is 10.4 Å². The molecule has 0 saturated carbocycles. The molecule has 0 aliphatic heterocycles. The Balaban J connectivity index is 2.36. The second kappa shape index (κ2) is 5.66. The lowest BCUT2D eigenvalue weighted by atomic mass is 10.2. The van der Waals surface area contributed by atoms with Crippen molar-refractivity contribution in [2.24, 2.45) is 0 Å². The first-order chi connectivity index (χ1) is 9.49. The zero-order chi connectivity index (χ0) is 14.7. The first-order valence-corrected chi connectivity index (χ1v) is 6.07. The Morgan fingerprint density at radius 1 is 1.35 bits per heavy atom. The second-order valence-corrected chi connectivity index (χ2v) is 4.51. The fourth-order valence-electron chi connectivity index (χ4n) is 1.44. The fourth-order valence-corrected chi connectivity index (χ4v) is 1.89. The van der Waals surface area contributed by atoms with E-state index in [1.165, 1.54) is 36.7 Å². The standard InChI is InChI=1S/C12H7BrN2O5/c13-9-5-7(15(18)19)1-2-10(9)20-11-6-14-4-3-8(11)12(16)17/h1-6H,(H,16,17). The number of aromatic carboxylic acids is 1. The predicted octanol–water partition coefficient (Wildman–Crippen LogP) is 3.24.